The molecule has 2 fully saturated rings. The van der Waals surface area contributed by atoms with Gasteiger partial charge >= 0.3 is 0 Å². The zero-order chi connectivity index (χ0) is 22.9. The second-order valence-electron chi connectivity index (χ2n) is 8.93. The normalized spacial score (nSPS) is 21.8. The van der Waals surface area contributed by atoms with Crippen LogP contribution in [-0.2, 0) is 4.79 Å². The van der Waals surface area contributed by atoms with Crippen molar-refractivity contribution in [3.63, 3.8) is 0 Å². The highest BCUT2D eigenvalue weighted by Crippen LogP contribution is 2.41. The molecule has 0 N–H and O–H groups in total. The summed E-state index contributed by atoms with van der Waals surface area (Å²) in [4.78, 5) is 19.9. The predicted octanol–water partition coefficient (Wildman–Crippen LogP) is 5.63. The number of imidazole rings is 1. The average Bonchev–Trinajstić information content (AvgIpc) is 3.26. The molecule has 170 valence electrons. The van der Waals surface area contributed by atoms with Crippen molar-refractivity contribution in [2.45, 2.75) is 51.1 Å². The molecular weight excluding hydrogens is 417 g/mol. The number of carbonyl (C=O) groups is 1. The number of rotatable bonds is 4. The van der Waals surface area contributed by atoms with Crippen LogP contribution in [0.5, 0.6) is 5.75 Å². The first kappa shape index (κ1) is 21.4. The standard InChI is InChI=1S/C27H28FN3O2/c1-18-16-30(17-29-18)25-12-9-19(14-26(25)33-2)13-21-10-11-23-7-4-8-24(31(23)27(21)32)20-5-3-6-22(28)15-20/h3,5-6,9,12-17,23-24H,4,7-8,10-11H2,1-2H3/b21-13+. The van der Waals surface area contributed by atoms with Crippen LogP contribution in [0.3, 0.4) is 0 Å². The van der Waals surface area contributed by atoms with Gasteiger partial charge < -0.3 is 14.2 Å². The number of ether oxygens (including phenoxy) is 1. The molecule has 0 bridgehead atoms. The molecule has 3 heterocycles. The van der Waals surface area contributed by atoms with Crippen molar-refractivity contribution in [2.24, 2.45) is 0 Å². The molecule has 0 radical (unpaired) electrons. The molecule has 5 nitrogen and oxygen atoms in total. The van der Waals surface area contributed by atoms with Gasteiger partial charge in [0.2, 0.25) is 0 Å². The van der Waals surface area contributed by atoms with E-state index < -0.39 is 0 Å². The van der Waals surface area contributed by atoms with E-state index in [0.29, 0.717) is 0 Å². The Morgan fingerprint density at radius 1 is 1.15 bits per heavy atom. The average molecular weight is 446 g/mol. The first-order valence-electron chi connectivity index (χ1n) is 11.5. The zero-order valence-corrected chi connectivity index (χ0v) is 19.0. The van der Waals surface area contributed by atoms with Crippen molar-refractivity contribution in [1.82, 2.24) is 14.5 Å². The predicted molar refractivity (Wildman–Crippen MR) is 126 cm³/mol. The van der Waals surface area contributed by atoms with E-state index >= 15 is 0 Å². The third-order valence-corrected chi connectivity index (χ3v) is 6.77. The third-order valence-electron chi connectivity index (χ3n) is 6.77. The van der Waals surface area contributed by atoms with E-state index in [4.69, 9.17) is 4.74 Å². The Morgan fingerprint density at radius 2 is 2.03 bits per heavy atom. The molecule has 1 amide bonds. The van der Waals surface area contributed by atoms with Crippen molar-refractivity contribution >= 4 is 12.0 Å². The van der Waals surface area contributed by atoms with E-state index in [2.05, 4.69) is 4.98 Å². The number of hydrogen-bond donors (Lipinski definition) is 0. The summed E-state index contributed by atoms with van der Waals surface area (Å²) in [6, 6.07) is 12.8. The first-order chi connectivity index (χ1) is 16.0. The second-order valence-corrected chi connectivity index (χ2v) is 8.93. The second kappa shape index (κ2) is 8.85. The Balaban J connectivity index is 1.45. The van der Waals surface area contributed by atoms with Crippen LogP contribution >= 0.6 is 0 Å². The third kappa shape index (κ3) is 4.17. The van der Waals surface area contributed by atoms with Gasteiger partial charge in [-0.15, -0.1) is 0 Å². The van der Waals surface area contributed by atoms with Crippen molar-refractivity contribution in [2.75, 3.05) is 7.11 Å². The van der Waals surface area contributed by atoms with Crippen molar-refractivity contribution in [3.8, 4) is 11.4 Å². The molecule has 2 aromatic carbocycles. The Kier molecular flexibility index (Phi) is 5.75. The number of fused-ring (bicyclic) bond motifs is 1. The van der Waals surface area contributed by atoms with E-state index in [1.54, 1.807) is 25.6 Å². The monoisotopic (exact) mass is 445 g/mol. The summed E-state index contributed by atoms with van der Waals surface area (Å²) < 4.78 is 21.5. The van der Waals surface area contributed by atoms with E-state index in [9.17, 15) is 9.18 Å². The fourth-order valence-corrected chi connectivity index (χ4v) is 5.19. The lowest BCUT2D eigenvalue weighted by atomic mass is 9.84. The molecule has 0 aliphatic carbocycles. The summed E-state index contributed by atoms with van der Waals surface area (Å²) in [7, 11) is 1.65. The Morgan fingerprint density at radius 3 is 2.79 bits per heavy atom. The van der Waals surface area contributed by atoms with Gasteiger partial charge in [-0.25, -0.2) is 9.37 Å². The minimum atomic E-state index is -0.255. The summed E-state index contributed by atoms with van der Waals surface area (Å²) in [6.45, 7) is 1.95. The van der Waals surface area contributed by atoms with Gasteiger partial charge in [0.1, 0.15) is 11.6 Å². The molecule has 2 unspecified atom stereocenters. The molecule has 2 aliphatic rings. The molecule has 0 saturated carbocycles. The number of aromatic nitrogens is 2. The fourth-order valence-electron chi connectivity index (χ4n) is 5.19. The largest absolute Gasteiger partial charge is 0.495 e. The van der Waals surface area contributed by atoms with Gasteiger partial charge in [0.05, 0.1) is 30.9 Å². The highest BCUT2D eigenvalue weighted by atomic mass is 19.1. The van der Waals surface area contributed by atoms with Crippen LogP contribution in [0, 0.1) is 12.7 Å². The van der Waals surface area contributed by atoms with Gasteiger partial charge in [-0.05, 0) is 80.5 Å². The van der Waals surface area contributed by atoms with E-state index in [-0.39, 0.29) is 23.8 Å². The summed E-state index contributed by atoms with van der Waals surface area (Å²) in [5, 5.41) is 0. The Hall–Kier alpha value is -3.41. The number of carbonyl (C=O) groups excluding carboxylic acids is 1. The zero-order valence-electron chi connectivity index (χ0n) is 19.0. The minimum absolute atomic E-state index is 0.0634. The number of nitrogens with zero attached hydrogens (tertiary/aromatic N) is 3. The lowest BCUT2D eigenvalue weighted by Crippen LogP contribution is -2.49. The Labute approximate surface area is 193 Å². The van der Waals surface area contributed by atoms with Crippen molar-refractivity contribution in [3.05, 3.63) is 83.2 Å². The molecule has 3 aromatic rings. The number of benzene rings is 2. The number of amides is 1. The van der Waals surface area contributed by atoms with Gasteiger partial charge in [0.25, 0.3) is 5.91 Å². The number of hydrogen-bond acceptors (Lipinski definition) is 3. The smallest absolute Gasteiger partial charge is 0.250 e. The molecule has 2 saturated heterocycles. The Bertz CT molecular complexity index is 1220. The van der Waals surface area contributed by atoms with Crippen LogP contribution in [0.15, 0.2) is 60.6 Å². The van der Waals surface area contributed by atoms with Gasteiger partial charge in [0.15, 0.2) is 0 Å². The highest BCUT2D eigenvalue weighted by Gasteiger charge is 2.39. The molecule has 5 rings (SSSR count). The van der Waals surface area contributed by atoms with Crippen LogP contribution in [0.2, 0.25) is 0 Å². The lowest BCUT2D eigenvalue weighted by Gasteiger charge is -2.46. The van der Waals surface area contributed by atoms with Crippen LogP contribution in [0.1, 0.15) is 55.0 Å². The van der Waals surface area contributed by atoms with Crippen molar-refractivity contribution in [1.29, 1.82) is 0 Å². The molecule has 33 heavy (non-hydrogen) atoms. The van der Waals surface area contributed by atoms with Crippen LogP contribution in [-0.4, -0.2) is 33.5 Å². The number of methoxy groups -OCH3 is 1. The van der Waals surface area contributed by atoms with Crippen molar-refractivity contribution < 1.29 is 13.9 Å². The minimum Gasteiger partial charge on any atom is -0.495 e. The number of halogens is 1. The lowest BCUT2D eigenvalue weighted by molar-refractivity contribution is -0.136. The SMILES string of the molecule is COc1cc(/C=C2\CCC3CCCC(c4cccc(F)c4)N3C2=O)ccc1-n1cnc(C)c1. The number of aryl methyl sites for hydroxylation is 1. The van der Waals surface area contributed by atoms with E-state index in [1.807, 2.05) is 52.9 Å². The van der Waals surface area contributed by atoms with Gasteiger partial charge in [-0.1, -0.05) is 18.2 Å². The van der Waals surface area contributed by atoms with E-state index in [1.165, 1.54) is 6.07 Å². The maximum Gasteiger partial charge on any atom is 0.250 e. The summed E-state index contributed by atoms with van der Waals surface area (Å²) in [6.07, 6.45) is 10.3. The van der Waals surface area contributed by atoms with E-state index in [0.717, 1.165) is 65.9 Å². The summed E-state index contributed by atoms with van der Waals surface area (Å²) in [5.74, 6) is 0.530. The van der Waals surface area contributed by atoms with Gasteiger partial charge in [-0.2, -0.15) is 0 Å². The molecule has 0 spiro atoms. The summed E-state index contributed by atoms with van der Waals surface area (Å²) in [5.41, 5.74) is 4.44. The molecule has 2 atom stereocenters. The summed E-state index contributed by atoms with van der Waals surface area (Å²) >= 11 is 0. The maximum atomic E-state index is 13.9. The van der Waals surface area contributed by atoms with Crippen LogP contribution in [0.25, 0.3) is 11.8 Å². The maximum absolute atomic E-state index is 13.9. The topological polar surface area (TPSA) is 47.4 Å². The fraction of sp³-hybridized carbons (Fsp3) is 0.333. The molecule has 1 aromatic heterocycles. The quantitative estimate of drug-likeness (QED) is 0.489. The highest BCUT2D eigenvalue weighted by molar-refractivity contribution is 5.99. The molecular formula is C27H28FN3O2. The number of piperidine rings is 2. The molecule has 6 heteroatoms. The first-order valence-corrected chi connectivity index (χ1v) is 11.5. The van der Waals surface area contributed by atoms with Crippen LogP contribution in [0.4, 0.5) is 4.39 Å². The van der Waals surface area contributed by atoms with Gasteiger partial charge in [0, 0.05) is 17.8 Å². The molecule has 2 aliphatic heterocycles. The van der Waals surface area contributed by atoms with Gasteiger partial charge in [-0.3, -0.25) is 4.79 Å². The van der Waals surface area contributed by atoms with Crippen LogP contribution < -0.4 is 4.74 Å².